The molecule has 3 aromatic carbocycles. The van der Waals surface area contributed by atoms with Gasteiger partial charge >= 0.3 is 18.0 Å². The predicted molar refractivity (Wildman–Crippen MR) is 177 cm³/mol. The van der Waals surface area contributed by atoms with Crippen LogP contribution in [0.2, 0.25) is 0 Å². The van der Waals surface area contributed by atoms with Gasteiger partial charge in [0, 0.05) is 35.9 Å². The summed E-state index contributed by atoms with van der Waals surface area (Å²) in [6.07, 6.45) is 2.39. The normalized spacial score (nSPS) is 13.7. The Labute approximate surface area is 263 Å². The third kappa shape index (κ3) is 7.89. The number of likely N-dealkylation sites (tertiary alicyclic amines) is 1. The number of rotatable bonds is 7. The Bertz CT molecular complexity index is 1680. The minimum atomic E-state index is -1.04. The molecule has 4 aromatic rings. The first kappa shape index (κ1) is 31.3. The topological polar surface area (TPSA) is 129 Å². The largest absolute Gasteiger partial charge is 0.478 e. The van der Waals surface area contributed by atoms with Gasteiger partial charge in [0.1, 0.15) is 5.82 Å². The lowest BCUT2D eigenvalue weighted by Crippen LogP contribution is -2.41. The van der Waals surface area contributed by atoms with Crippen LogP contribution in [-0.2, 0) is 11.8 Å². The lowest BCUT2D eigenvalue weighted by atomic mass is 9.89. The van der Waals surface area contributed by atoms with Gasteiger partial charge in [-0.2, -0.15) is 5.10 Å². The molecule has 4 amide bonds. The Hall–Kier alpha value is -5.12. The summed E-state index contributed by atoms with van der Waals surface area (Å²) in [5.74, 6) is -0.116. The summed E-state index contributed by atoms with van der Waals surface area (Å²) in [4.78, 5) is 39.1. The molecule has 10 nitrogen and oxygen atoms in total. The zero-order chi connectivity index (χ0) is 32.1. The van der Waals surface area contributed by atoms with Gasteiger partial charge in [-0.15, -0.1) is 0 Å². The molecule has 0 aliphatic carbocycles. The van der Waals surface area contributed by atoms with Crippen LogP contribution < -0.4 is 16.0 Å². The first-order valence-corrected chi connectivity index (χ1v) is 15.2. The molecule has 234 valence electrons. The molecule has 0 spiro atoms. The number of aryl methyl sites for hydroxylation is 1. The van der Waals surface area contributed by atoms with Gasteiger partial charge in [0.05, 0.1) is 16.9 Å². The molecule has 0 bridgehead atoms. The second-order valence-electron chi connectivity index (χ2n) is 12.6. The molecule has 45 heavy (non-hydrogen) atoms. The molecule has 1 saturated heterocycles. The SMILES string of the molecule is Cc1ccc(-n2nc(C(C)(C)C)cc2NC(=O)Nc2ccccc2CC2CCN(C(=O)Nc3cccc(C(=O)O)c3)CC2)cc1. The van der Waals surface area contributed by atoms with Crippen molar-refractivity contribution in [1.29, 1.82) is 0 Å². The number of nitrogens with zero attached hydrogens (tertiary/aromatic N) is 3. The van der Waals surface area contributed by atoms with Gasteiger partial charge in [-0.05, 0) is 74.1 Å². The molecule has 2 heterocycles. The van der Waals surface area contributed by atoms with Gasteiger partial charge in [-0.3, -0.25) is 5.32 Å². The molecule has 0 atom stereocenters. The summed E-state index contributed by atoms with van der Waals surface area (Å²) in [6, 6.07) is 23.4. The third-order valence-corrected chi connectivity index (χ3v) is 8.03. The van der Waals surface area contributed by atoms with Crippen molar-refractivity contribution >= 4 is 35.2 Å². The summed E-state index contributed by atoms with van der Waals surface area (Å²) < 4.78 is 1.76. The number of urea groups is 2. The number of hydrogen-bond donors (Lipinski definition) is 4. The molecule has 0 saturated carbocycles. The minimum Gasteiger partial charge on any atom is -0.478 e. The molecule has 0 radical (unpaired) electrons. The van der Waals surface area contributed by atoms with E-state index in [1.807, 2.05) is 61.5 Å². The van der Waals surface area contributed by atoms with Gasteiger partial charge in [0.25, 0.3) is 0 Å². The van der Waals surface area contributed by atoms with Crippen LogP contribution >= 0.6 is 0 Å². The van der Waals surface area contributed by atoms with E-state index in [0.717, 1.165) is 47.5 Å². The Morgan fingerprint density at radius 3 is 2.29 bits per heavy atom. The van der Waals surface area contributed by atoms with Gasteiger partial charge in [-0.1, -0.05) is 62.7 Å². The van der Waals surface area contributed by atoms with Gasteiger partial charge in [0.2, 0.25) is 0 Å². The number of para-hydroxylation sites is 1. The van der Waals surface area contributed by atoms with Crippen molar-refractivity contribution in [2.75, 3.05) is 29.0 Å². The number of piperidine rings is 1. The number of amides is 4. The number of anilines is 3. The van der Waals surface area contributed by atoms with Crippen LogP contribution in [0.1, 0.15) is 60.8 Å². The van der Waals surface area contributed by atoms with E-state index < -0.39 is 5.97 Å². The zero-order valence-corrected chi connectivity index (χ0v) is 26.1. The fraction of sp³-hybridized carbons (Fsp3) is 0.314. The fourth-order valence-corrected chi connectivity index (χ4v) is 5.39. The molecule has 1 aromatic heterocycles. The lowest BCUT2D eigenvalue weighted by Gasteiger charge is -2.32. The maximum absolute atomic E-state index is 13.3. The Kier molecular flexibility index (Phi) is 9.22. The molecule has 10 heteroatoms. The highest BCUT2D eigenvalue weighted by molar-refractivity contribution is 6.00. The van der Waals surface area contributed by atoms with Crippen molar-refractivity contribution < 1.29 is 19.5 Å². The number of aromatic nitrogens is 2. The van der Waals surface area contributed by atoms with Crippen molar-refractivity contribution in [2.24, 2.45) is 5.92 Å². The van der Waals surface area contributed by atoms with E-state index in [1.165, 1.54) is 12.1 Å². The average Bonchev–Trinajstić information content (AvgIpc) is 3.43. The van der Waals surface area contributed by atoms with E-state index >= 15 is 0 Å². The zero-order valence-electron chi connectivity index (χ0n) is 26.1. The van der Waals surface area contributed by atoms with Crippen molar-refractivity contribution in [3.8, 4) is 5.69 Å². The predicted octanol–water partition coefficient (Wildman–Crippen LogP) is 7.31. The highest BCUT2D eigenvalue weighted by Crippen LogP contribution is 2.28. The highest BCUT2D eigenvalue weighted by Gasteiger charge is 2.25. The third-order valence-electron chi connectivity index (χ3n) is 8.03. The number of hydrogen-bond acceptors (Lipinski definition) is 4. The summed E-state index contributed by atoms with van der Waals surface area (Å²) in [5, 5.41) is 22.9. The van der Waals surface area contributed by atoms with Crippen molar-refractivity contribution in [2.45, 2.75) is 52.4 Å². The molecule has 0 unspecified atom stereocenters. The summed E-state index contributed by atoms with van der Waals surface area (Å²) in [6.45, 7) is 9.47. The second-order valence-corrected chi connectivity index (χ2v) is 12.6. The molecular formula is C35H40N6O4. The molecule has 4 N–H and O–H groups in total. The number of carbonyl (C=O) groups is 3. The molecule has 1 fully saturated rings. The van der Waals surface area contributed by atoms with E-state index in [9.17, 15) is 19.5 Å². The van der Waals surface area contributed by atoms with Crippen LogP contribution in [0.15, 0.2) is 78.9 Å². The maximum Gasteiger partial charge on any atom is 0.335 e. The van der Waals surface area contributed by atoms with Gasteiger partial charge < -0.3 is 20.6 Å². The van der Waals surface area contributed by atoms with E-state index in [0.29, 0.717) is 30.5 Å². The van der Waals surface area contributed by atoms with Crippen molar-refractivity contribution in [3.05, 3.63) is 101 Å². The first-order valence-electron chi connectivity index (χ1n) is 15.2. The van der Waals surface area contributed by atoms with Crippen molar-refractivity contribution in [3.63, 3.8) is 0 Å². The minimum absolute atomic E-state index is 0.124. The quantitative estimate of drug-likeness (QED) is 0.175. The monoisotopic (exact) mass is 608 g/mol. The highest BCUT2D eigenvalue weighted by atomic mass is 16.4. The van der Waals surface area contributed by atoms with Crippen LogP contribution in [0.5, 0.6) is 0 Å². The number of carbonyl (C=O) groups excluding carboxylic acids is 2. The van der Waals surface area contributed by atoms with Crippen LogP contribution in [0, 0.1) is 12.8 Å². The average molecular weight is 609 g/mol. The Morgan fingerprint density at radius 2 is 1.60 bits per heavy atom. The molecule has 5 rings (SSSR count). The Balaban J connectivity index is 1.20. The standard InChI is InChI=1S/C35H40N6O4/c1-23-12-14-28(15-13-23)41-31(22-30(39-41)35(2,3)4)38-33(44)37-29-11-6-5-8-25(29)20-24-16-18-40(19-17-24)34(45)36-27-10-7-9-26(21-27)32(42)43/h5-15,21-22,24H,16-20H2,1-4H3,(H,36,45)(H,42,43)(H2,37,38,44). The fourth-order valence-electron chi connectivity index (χ4n) is 5.39. The summed E-state index contributed by atoms with van der Waals surface area (Å²) in [5.41, 5.74) is 5.03. The molecular weight excluding hydrogens is 568 g/mol. The molecule has 1 aliphatic heterocycles. The number of nitrogens with one attached hydrogen (secondary N) is 3. The van der Waals surface area contributed by atoms with Crippen LogP contribution in [0.4, 0.5) is 26.8 Å². The van der Waals surface area contributed by atoms with Crippen LogP contribution in [-0.4, -0.2) is 50.9 Å². The van der Waals surface area contributed by atoms with Gasteiger partial charge in [-0.25, -0.2) is 19.1 Å². The number of carboxylic acid groups (broad SMARTS) is 1. The first-order chi connectivity index (χ1) is 21.5. The van der Waals surface area contributed by atoms with Crippen molar-refractivity contribution in [1.82, 2.24) is 14.7 Å². The van der Waals surface area contributed by atoms with E-state index in [4.69, 9.17) is 5.10 Å². The van der Waals surface area contributed by atoms with Gasteiger partial charge in [0.15, 0.2) is 0 Å². The summed E-state index contributed by atoms with van der Waals surface area (Å²) >= 11 is 0. The van der Waals surface area contributed by atoms with E-state index in [-0.39, 0.29) is 23.0 Å². The Morgan fingerprint density at radius 1 is 0.889 bits per heavy atom. The van der Waals surface area contributed by atoms with Crippen LogP contribution in [0.25, 0.3) is 5.69 Å². The summed E-state index contributed by atoms with van der Waals surface area (Å²) in [7, 11) is 0. The van der Waals surface area contributed by atoms with Crippen LogP contribution in [0.3, 0.4) is 0 Å². The molecule has 1 aliphatic rings. The number of benzene rings is 3. The maximum atomic E-state index is 13.3. The second kappa shape index (κ2) is 13.3. The number of aromatic carboxylic acids is 1. The lowest BCUT2D eigenvalue weighted by molar-refractivity contribution is 0.0696. The smallest absolute Gasteiger partial charge is 0.335 e. The van der Waals surface area contributed by atoms with E-state index in [2.05, 4.69) is 36.7 Å². The van der Waals surface area contributed by atoms with E-state index in [1.54, 1.807) is 21.7 Å². The number of carboxylic acids is 1.